The van der Waals surface area contributed by atoms with E-state index in [9.17, 15) is 13.2 Å². The number of nitrogens with one attached hydrogen (secondary N) is 1. The molecule has 33 heavy (non-hydrogen) atoms. The molecule has 0 spiro atoms. The second-order valence-electron chi connectivity index (χ2n) is 8.40. The number of hydrogen-bond acceptors (Lipinski definition) is 6. The van der Waals surface area contributed by atoms with E-state index in [0.29, 0.717) is 43.3 Å². The molecule has 0 saturated carbocycles. The number of hydrogen-bond donors (Lipinski definition) is 1. The smallest absolute Gasteiger partial charge is 0.243 e. The number of fused-ring (bicyclic) bond motifs is 2. The van der Waals surface area contributed by atoms with Gasteiger partial charge in [-0.25, -0.2) is 8.42 Å². The predicted molar refractivity (Wildman–Crippen MR) is 122 cm³/mol. The number of carbonyl (C=O) groups is 1. The standard InChI is InChI=1S/C24H26N2O6S/c1-16(22-14-18-4-2-3-5-20(18)32-22)25-24(27)17-8-10-26(11-9-17)33(28,29)19-6-7-21-23(15-19)31-13-12-30-21/h2-7,14-17H,8-13H2,1H3,(H,25,27). The Hall–Kier alpha value is -3.04. The Balaban J connectivity index is 1.20. The van der Waals surface area contributed by atoms with E-state index in [0.717, 1.165) is 11.0 Å². The number of nitrogens with zero attached hydrogens (tertiary/aromatic N) is 1. The van der Waals surface area contributed by atoms with Gasteiger partial charge in [-0.1, -0.05) is 18.2 Å². The van der Waals surface area contributed by atoms with E-state index in [1.54, 1.807) is 6.07 Å². The molecule has 8 nitrogen and oxygen atoms in total. The van der Waals surface area contributed by atoms with Crippen LogP contribution in [-0.4, -0.2) is 44.9 Å². The molecule has 1 unspecified atom stereocenters. The Morgan fingerprint density at radius 3 is 2.52 bits per heavy atom. The van der Waals surface area contributed by atoms with Crippen LogP contribution in [0.4, 0.5) is 0 Å². The van der Waals surface area contributed by atoms with Gasteiger partial charge in [-0.2, -0.15) is 4.31 Å². The normalized spacial score (nSPS) is 18.2. The van der Waals surface area contributed by atoms with Crippen molar-refractivity contribution in [3.63, 3.8) is 0 Å². The highest BCUT2D eigenvalue weighted by Crippen LogP contribution is 2.34. The lowest BCUT2D eigenvalue weighted by molar-refractivity contribution is -0.126. The van der Waals surface area contributed by atoms with Crippen LogP contribution < -0.4 is 14.8 Å². The van der Waals surface area contributed by atoms with Gasteiger partial charge in [-0.05, 0) is 44.0 Å². The minimum Gasteiger partial charge on any atom is -0.486 e. The molecule has 2 aliphatic rings. The van der Waals surface area contributed by atoms with Crippen molar-refractivity contribution in [1.82, 2.24) is 9.62 Å². The average Bonchev–Trinajstić information content (AvgIpc) is 3.28. The van der Waals surface area contributed by atoms with Crippen LogP contribution in [0, 0.1) is 5.92 Å². The lowest BCUT2D eigenvalue weighted by atomic mass is 9.97. The third-order valence-electron chi connectivity index (χ3n) is 6.21. The quantitative estimate of drug-likeness (QED) is 0.613. The average molecular weight is 471 g/mol. The van der Waals surface area contributed by atoms with Crippen LogP contribution in [0.25, 0.3) is 11.0 Å². The number of para-hydroxylation sites is 1. The van der Waals surface area contributed by atoms with Gasteiger partial charge in [0.15, 0.2) is 11.5 Å². The zero-order valence-corrected chi connectivity index (χ0v) is 19.1. The van der Waals surface area contributed by atoms with Crippen LogP contribution in [0.2, 0.25) is 0 Å². The predicted octanol–water partition coefficient (Wildman–Crippen LogP) is 3.48. The van der Waals surface area contributed by atoms with Crippen LogP contribution in [-0.2, 0) is 14.8 Å². The third-order valence-corrected chi connectivity index (χ3v) is 8.10. The molecular formula is C24H26N2O6S. The van der Waals surface area contributed by atoms with Crippen LogP contribution in [0.1, 0.15) is 31.6 Å². The first kappa shape index (κ1) is 21.8. The van der Waals surface area contributed by atoms with Crippen molar-refractivity contribution in [2.24, 2.45) is 5.92 Å². The molecule has 1 fully saturated rings. The topological polar surface area (TPSA) is 98.1 Å². The molecule has 1 saturated heterocycles. The summed E-state index contributed by atoms with van der Waals surface area (Å²) in [6.45, 7) is 3.30. The van der Waals surface area contributed by atoms with Gasteiger partial charge < -0.3 is 19.2 Å². The van der Waals surface area contributed by atoms with E-state index in [1.807, 2.05) is 37.3 Å². The first-order valence-electron chi connectivity index (χ1n) is 11.1. The highest BCUT2D eigenvalue weighted by Gasteiger charge is 2.33. The fourth-order valence-electron chi connectivity index (χ4n) is 4.31. The highest BCUT2D eigenvalue weighted by atomic mass is 32.2. The summed E-state index contributed by atoms with van der Waals surface area (Å²) in [5.74, 6) is 1.36. The van der Waals surface area contributed by atoms with Gasteiger partial charge in [0.05, 0.1) is 10.9 Å². The molecule has 1 N–H and O–H groups in total. The number of carbonyl (C=O) groups excluding carboxylic acids is 1. The molecule has 1 aromatic heterocycles. The molecule has 3 heterocycles. The number of piperidine rings is 1. The number of sulfonamides is 1. The van der Waals surface area contributed by atoms with E-state index in [4.69, 9.17) is 13.9 Å². The fraction of sp³-hybridized carbons (Fsp3) is 0.375. The van der Waals surface area contributed by atoms with Gasteiger partial charge in [0.25, 0.3) is 0 Å². The van der Waals surface area contributed by atoms with Crippen molar-refractivity contribution >= 4 is 26.9 Å². The molecule has 1 amide bonds. The monoisotopic (exact) mass is 470 g/mol. The molecule has 9 heteroatoms. The van der Waals surface area contributed by atoms with Gasteiger partial charge >= 0.3 is 0 Å². The molecule has 2 aromatic carbocycles. The first-order chi connectivity index (χ1) is 15.9. The lowest BCUT2D eigenvalue weighted by Gasteiger charge is -2.31. The summed E-state index contributed by atoms with van der Waals surface area (Å²) >= 11 is 0. The summed E-state index contributed by atoms with van der Waals surface area (Å²) in [4.78, 5) is 13.0. The molecule has 174 valence electrons. The number of benzene rings is 2. The van der Waals surface area contributed by atoms with Crippen molar-refractivity contribution in [1.29, 1.82) is 0 Å². The lowest BCUT2D eigenvalue weighted by Crippen LogP contribution is -2.43. The highest BCUT2D eigenvalue weighted by molar-refractivity contribution is 7.89. The van der Waals surface area contributed by atoms with Crippen molar-refractivity contribution in [2.45, 2.75) is 30.7 Å². The Labute approximate surface area is 192 Å². The van der Waals surface area contributed by atoms with Crippen molar-refractivity contribution in [3.8, 4) is 11.5 Å². The second-order valence-corrected chi connectivity index (χ2v) is 10.3. The van der Waals surface area contributed by atoms with Gasteiger partial charge in [0, 0.05) is 30.5 Å². The number of rotatable bonds is 5. The van der Waals surface area contributed by atoms with E-state index >= 15 is 0 Å². The van der Waals surface area contributed by atoms with Crippen LogP contribution in [0.15, 0.2) is 57.8 Å². The van der Waals surface area contributed by atoms with Crippen LogP contribution in [0.5, 0.6) is 11.5 Å². The SMILES string of the molecule is CC(NC(=O)C1CCN(S(=O)(=O)c2ccc3c(c2)OCCO3)CC1)c1cc2ccccc2o1. The Bertz CT molecular complexity index is 1240. The number of ether oxygens (including phenoxy) is 2. The largest absolute Gasteiger partial charge is 0.486 e. The van der Waals surface area contributed by atoms with Crippen molar-refractivity contribution in [3.05, 3.63) is 54.3 Å². The first-order valence-corrected chi connectivity index (χ1v) is 12.5. The Morgan fingerprint density at radius 1 is 1.03 bits per heavy atom. The van der Waals surface area contributed by atoms with Gasteiger partial charge in [0.2, 0.25) is 15.9 Å². The molecule has 5 rings (SSSR count). The van der Waals surface area contributed by atoms with E-state index < -0.39 is 10.0 Å². The summed E-state index contributed by atoms with van der Waals surface area (Å²) < 4.78 is 44.5. The fourth-order valence-corrected chi connectivity index (χ4v) is 5.80. The summed E-state index contributed by atoms with van der Waals surface area (Å²) in [7, 11) is -3.67. The molecule has 0 radical (unpaired) electrons. The Morgan fingerprint density at radius 2 is 1.76 bits per heavy atom. The van der Waals surface area contributed by atoms with Crippen molar-refractivity contribution < 1.29 is 27.1 Å². The zero-order valence-electron chi connectivity index (χ0n) is 18.3. The third kappa shape index (κ3) is 4.30. The van der Waals surface area contributed by atoms with Crippen LogP contribution in [0.3, 0.4) is 0 Å². The van der Waals surface area contributed by atoms with E-state index in [-0.39, 0.29) is 35.9 Å². The van der Waals surface area contributed by atoms with Crippen LogP contribution >= 0.6 is 0 Å². The minimum atomic E-state index is -3.67. The minimum absolute atomic E-state index is 0.0840. The summed E-state index contributed by atoms with van der Waals surface area (Å²) in [6.07, 6.45) is 0.922. The molecule has 0 aliphatic carbocycles. The van der Waals surface area contributed by atoms with Crippen molar-refractivity contribution in [2.75, 3.05) is 26.3 Å². The van der Waals surface area contributed by atoms with Gasteiger partial charge in [-0.15, -0.1) is 0 Å². The Kier molecular flexibility index (Phi) is 5.76. The maximum absolute atomic E-state index is 13.1. The molecule has 0 bridgehead atoms. The summed E-state index contributed by atoms with van der Waals surface area (Å²) in [5, 5.41) is 4.01. The molecule has 3 aromatic rings. The van der Waals surface area contributed by atoms with Gasteiger partial charge in [-0.3, -0.25) is 4.79 Å². The summed E-state index contributed by atoms with van der Waals surface area (Å²) in [5.41, 5.74) is 0.784. The molecule has 1 atom stereocenters. The zero-order chi connectivity index (χ0) is 23.0. The maximum Gasteiger partial charge on any atom is 0.243 e. The van der Waals surface area contributed by atoms with E-state index in [1.165, 1.54) is 16.4 Å². The molecule has 2 aliphatic heterocycles. The molecular weight excluding hydrogens is 444 g/mol. The second kappa shape index (κ2) is 8.72. The number of amides is 1. The maximum atomic E-state index is 13.1. The summed E-state index contributed by atoms with van der Waals surface area (Å²) in [6, 6.07) is 14.0. The van der Waals surface area contributed by atoms with Gasteiger partial charge in [0.1, 0.15) is 24.6 Å². The number of furan rings is 1. The van der Waals surface area contributed by atoms with E-state index in [2.05, 4.69) is 5.32 Å².